The maximum Gasteiger partial charge on any atom is 0.266 e. The Bertz CT molecular complexity index is 844. The summed E-state index contributed by atoms with van der Waals surface area (Å²) >= 11 is 9.36. The molecule has 0 spiro atoms. The van der Waals surface area contributed by atoms with E-state index in [1.165, 1.54) is 28.0 Å². The summed E-state index contributed by atoms with van der Waals surface area (Å²) in [5.41, 5.74) is 0. The second-order valence-electron chi connectivity index (χ2n) is 5.44. The van der Waals surface area contributed by atoms with E-state index in [4.69, 9.17) is 12.2 Å². The van der Waals surface area contributed by atoms with Crippen molar-refractivity contribution in [3.05, 3.63) is 32.3 Å². The van der Waals surface area contributed by atoms with Gasteiger partial charge in [-0.3, -0.25) is 19.8 Å². The van der Waals surface area contributed by atoms with Gasteiger partial charge in [-0.15, -0.1) is 21.5 Å². The molecule has 0 aromatic carbocycles. The normalized spacial score (nSPS) is 15.9. The zero-order valence-corrected chi connectivity index (χ0v) is 17.2. The Morgan fingerprint density at radius 2 is 2.27 bits per heavy atom. The minimum Gasteiger partial charge on any atom is -0.299 e. The zero-order valence-electron chi connectivity index (χ0n) is 13.9. The molecule has 1 aliphatic heterocycles. The van der Waals surface area contributed by atoms with E-state index in [9.17, 15) is 9.59 Å². The van der Waals surface area contributed by atoms with Crippen molar-refractivity contribution >= 4 is 74.0 Å². The van der Waals surface area contributed by atoms with Crippen molar-refractivity contribution in [3.8, 4) is 0 Å². The third-order valence-electron chi connectivity index (χ3n) is 3.45. The molecule has 1 saturated heterocycles. The lowest BCUT2D eigenvalue weighted by molar-refractivity contribution is -0.126. The first kappa shape index (κ1) is 19.2. The molecule has 26 heavy (non-hydrogen) atoms. The average molecular weight is 425 g/mol. The maximum absolute atomic E-state index is 12.5. The minimum absolute atomic E-state index is 0.129. The Kier molecular flexibility index (Phi) is 6.52. The van der Waals surface area contributed by atoms with Gasteiger partial charge in [0.25, 0.3) is 5.91 Å². The highest BCUT2D eigenvalue weighted by Crippen LogP contribution is 2.33. The van der Waals surface area contributed by atoms with Gasteiger partial charge in [-0.1, -0.05) is 54.7 Å². The molecule has 1 fully saturated rings. The third kappa shape index (κ3) is 4.76. The first-order valence-corrected chi connectivity index (χ1v) is 10.9. The topological polar surface area (TPSA) is 75.2 Å². The predicted molar refractivity (Wildman–Crippen MR) is 111 cm³/mol. The highest BCUT2D eigenvalue weighted by Gasteiger charge is 2.33. The number of hydrogen-bond acceptors (Lipinski definition) is 8. The SMILES string of the molecule is CCCCc1nnc(NC(=O)CN2C(=O)C(=Cc3cccs3)SC2=S)s1. The van der Waals surface area contributed by atoms with E-state index in [0.29, 0.717) is 14.4 Å². The van der Waals surface area contributed by atoms with Crippen molar-refractivity contribution in [3.63, 3.8) is 0 Å². The molecular weight excluding hydrogens is 408 g/mol. The largest absolute Gasteiger partial charge is 0.299 e. The molecule has 0 saturated carbocycles. The molecule has 3 heterocycles. The fraction of sp³-hybridized carbons (Fsp3) is 0.312. The van der Waals surface area contributed by atoms with Crippen molar-refractivity contribution in [1.29, 1.82) is 0 Å². The smallest absolute Gasteiger partial charge is 0.266 e. The average Bonchev–Trinajstić information content (AvgIpc) is 3.33. The molecule has 2 aromatic heterocycles. The van der Waals surface area contributed by atoms with Crippen LogP contribution < -0.4 is 5.32 Å². The number of carbonyl (C=O) groups is 2. The first-order chi connectivity index (χ1) is 12.6. The van der Waals surface area contributed by atoms with Crippen LogP contribution in [-0.2, 0) is 16.0 Å². The monoisotopic (exact) mass is 424 g/mol. The van der Waals surface area contributed by atoms with Crippen LogP contribution in [0.2, 0.25) is 0 Å². The van der Waals surface area contributed by atoms with Crippen LogP contribution in [0.25, 0.3) is 6.08 Å². The summed E-state index contributed by atoms with van der Waals surface area (Å²) < 4.78 is 0.383. The molecule has 136 valence electrons. The standard InChI is InChI=1S/C16H16N4O2S4/c1-2-3-6-13-18-19-15(26-13)17-12(21)9-20-14(22)11(25-16(20)23)8-10-5-4-7-24-10/h4-5,7-8H,2-3,6,9H2,1H3,(H,17,19,21). The van der Waals surface area contributed by atoms with Crippen LogP contribution in [0.4, 0.5) is 5.13 Å². The summed E-state index contributed by atoms with van der Waals surface area (Å²) in [4.78, 5) is 27.6. The summed E-state index contributed by atoms with van der Waals surface area (Å²) in [6, 6.07) is 3.84. The van der Waals surface area contributed by atoms with Gasteiger partial charge in [-0.25, -0.2) is 0 Å². The first-order valence-electron chi connectivity index (χ1n) is 7.98. The molecule has 1 N–H and O–H groups in total. The van der Waals surface area contributed by atoms with Crippen molar-refractivity contribution in [2.45, 2.75) is 26.2 Å². The Hall–Kier alpha value is -1.62. The molecule has 6 nitrogen and oxygen atoms in total. The second kappa shape index (κ2) is 8.85. The number of aromatic nitrogens is 2. The van der Waals surface area contributed by atoms with Gasteiger partial charge in [0.05, 0.1) is 4.91 Å². The van der Waals surface area contributed by atoms with Crippen molar-refractivity contribution in [1.82, 2.24) is 15.1 Å². The lowest BCUT2D eigenvalue weighted by atomic mass is 10.3. The highest BCUT2D eigenvalue weighted by molar-refractivity contribution is 8.26. The number of hydrogen-bond donors (Lipinski definition) is 1. The molecule has 1 aliphatic rings. The van der Waals surface area contributed by atoms with Gasteiger partial charge in [-0.05, 0) is 23.9 Å². The lowest BCUT2D eigenvalue weighted by Crippen LogP contribution is -2.36. The van der Waals surface area contributed by atoms with Gasteiger partial charge >= 0.3 is 0 Å². The number of aryl methyl sites for hydroxylation is 1. The second-order valence-corrected chi connectivity index (χ2v) is 9.15. The van der Waals surface area contributed by atoms with Crippen molar-refractivity contribution in [2.75, 3.05) is 11.9 Å². The molecular formula is C16H16N4O2S4. The number of anilines is 1. The summed E-state index contributed by atoms with van der Waals surface area (Å²) in [6.07, 6.45) is 4.77. The summed E-state index contributed by atoms with van der Waals surface area (Å²) in [5.74, 6) is -0.582. The summed E-state index contributed by atoms with van der Waals surface area (Å²) in [5, 5.41) is 14.0. The molecule has 2 amide bonds. The van der Waals surface area contributed by atoms with E-state index in [-0.39, 0.29) is 18.4 Å². The molecule has 0 bridgehead atoms. The van der Waals surface area contributed by atoms with E-state index >= 15 is 0 Å². The number of carbonyl (C=O) groups excluding carboxylic acids is 2. The van der Waals surface area contributed by atoms with Crippen molar-refractivity contribution < 1.29 is 9.59 Å². The molecule has 2 aromatic rings. The number of amides is 2. The number of thiophene rings is 1. The van der Waals surface area contributed by atoms with Crippen LogP contribution in [0, 0.1) is 0 Å². The number of thiocarbonyl (C=S) groups is 1. The lowest BCUT2D eigenvalue weighted by Gasteiger charge is -2.13. The minimum atomic E-state index is -0.336. The maximum atomic E-state index is 12.5. The molecule has 0 radical (unpaired) electrons. The van der Waals surface area contributed by atoms with Crippen LogP contribution in [0.1, 0.15) is 29.7 Å². The number of nitrogens with zero attached hydrogens (tertiary/aromatic N) is 3. The molecule has 0 unspecified atom stereocenters. The van der Waals surface area contributed by atoms with Gasteiger partial charge < -0.3 is 0 Å². The molecule has 10 heteroatoms. The van der Waals surface area contributed by atoms with Crippen LogP contribution in [-0.4, -0.2) is 37.8 Å². The Labute approximate surface area is 168 Å². The predicted octanol–water partition coefficient (Wildman–Crippen LogP) is 3.78. The van der Waals surface area contributed by atoms with E-state index in [1.807, 2.05) is 17.5 Å². The van der Waals surface area contributed by atoms with Gasteiger partial charge in [0, 0.05) is 11.3 Å². The Morgan fingerprint density at radius 1 is 1.42 bits per heavy atom. The number of nitrogens with one attached hydrogen (secondary N) is 1. The zero-order chi connectivity index (χ0) is 18.5. The van der Waals surface area contributed by atoms with E-state index in [0.717, 1.165) is 29.1 Å². The third-order valence-corrected chi connectivity index (χ3v) is 6.54. The highest BCUT2D eigenvalue weighted by atomic mass is 32.2. The quantitative estimate of drug-likeness (QED) is 0.538. The molecule has 0 atom stereocenters. The van der Waals surface area contributed by atoms with E-state index in [1.54, 1.807) is 17.4 Å². The van der Waals surface area contributed by atoms with Gasteiger partial charge in [0.15, 0.2) is 0 Å². The fourth-order valence-electron chi connectivity index (χ4n) is 2.17. The van der Waals surface area contributed by atoms with Gasteiger partial charge in [0.1, 0.15) is 15.9 Å². The van der Waals surface area contributed by atoms with Crippen molar-refractivity contribution in [2.24, 2.45) is 0 Å². The summed E-state index contributed by atoms with van der Waals surface area (Å²) in [6.45, 7) is 1.98. The fourth-order valence-corrected chi connectivity index (χ4v) is 4.95. The van der Waals surface area contributed by atoms with Crippen LogP contribution >= 0.6 is 46.7 Å². The van der Waals surface area contributed by atoms with Crippen LogP contribution in [0.3, 0.4) is 0 Å². The summed E-state index contributed by atoms with van der Waals surface area (Å²) in [7, 11) is 0. The van der Waals surface area contributed by atoms with E-state index in [2.05, 4.69) is 22.4 Å². The number of rotatable bonds is 7. The van der Waals surface area contributed by atoms with Crippen LogP contribution in [0.15, 0.2) is 22.4 Å². The molecule has 3 rings (SSSR count). The number of thioether (sulfide) groups is 1. The Balaban J connectivity index is 1.59. The van der Waals surface area contributed by atoms with Gasteiger partial charge in [0.2, 0.25) is 11.0 Å². The number of unbranched alkanes of at least 4 members (excludes halogenated alkanes) is 1. The molecule has 0 aliphatic carbocycles. The Morgan fingerprint density at radius 3 is 3.00 bits per heavy atom. The van der Waals surface area contributed by atoms with Gasteiger partial charge in [-0.2, -0.15) is 0 Å². The van der Waals surface area contributed by atoms with E-state index < -0.39 is 0 Å². The van der Waals surface area contributed by atoms with Crippen LogP contribution in [0.5, 0.6) is 0 Å².